The third-order valence-electron chi connectivity index (χ3n) is 5.12. The Morgan fingerprint density at radius 3 is 1.30 bits per heavy atom. The molecular weight excluding hydrogens is 286 g/mol. The molecule has 0 aliphatic heterocycles. The Hall–Kier alpha value is -0.120. The molecule has 0 radical (unpaired) electrons. The lowest BCUT2D eigenvalue weighted by Crippen LogP contribution is -2.52. The molecule has 0 saturated heterocycles. The number of hydrogen-bond donors (Lipinski definition) is 2. The summed E-state index contributed by atoms with van der Waals surface area (Å²) < 4.78 is 0.915. The lowest BCUT2D eigenvalue weighted by molar-refractivity contribution is -0.929. The molecule has 2 N–H and O–H groups in total. The average molecular weight is 331 g/mol. The first kappa shape index (κ1) is 22.9. The molecule has 3 heteroatoms. The standard InChI is InChI=1S/C20H44NO2/c1-3-5-7-8-9-10-11-12-13-14-16-21(17-19-22,18-20-23)15-6-4-2/h22-23H,3-20H2,1-2H3/q+1. The van der Waals surface area contributed by atoms with E-state index in [2.05, 4.69) is 13.8 Å². The van der Waals surface area contributed by atoms with Gasteiger partial charge in [-0.2, -0.15) is 0 Å². The van der Waals surface area contributed by atoms with E-state index < -0.39 is 0 Å². The van der Waals surface area contributed by atoms with Gasteiger partial charge >= 0.3 is 0 Å². The molecule has 140 valence electrons. The maximum Gasteiger partial charge on any atom is 0.102 e. The fourth-order valence-electron chi connectivity index (χ4n) is 3.52. The van der Waals surface area contributed by atoms with Gasteiger partial charge in [0.2, 0.25) is 0 Å². The Morgan fingerprint density at radius 2 is 0.870 bits per heavy atom. The van der Waals surface area contributed by atoms with Gasteiger partial charge in [0.1, 0.15) is 13.1 Å². The van der Waals surface area contributed by atoms with E-state index in [0.717, 1.165) is 30.7 Å². The summed E-state index contributed by atoms with van der Waals surface area (Å²) in [6, 6.07) is 0. The summed E-state index contributed by atoms with van der Waals surface area (Å²) in [4.78, 5) is 0. The fourth-order valence-corrected chi connectivity index (χ4v) is 3.52. The molecule has 0 fully saturated rings. The first-order chi connectivity index (χ1) is 11.2. The number of unbranched alkanes of at least 4 members (excludes halogenated alkanes) is 10. The topological polar surface area (TPSA) is 40.5 Å². The van der Waals surface area contributed by atoms with Crippen molar-refractivity contribution in [2.75, 3.05) is 39.4 Å². The molecule has 0 aliphatic rings. The van der Waals surface area contributed by atoms with Crippen molar-refractivity contribution in [2.24, 2.45) is 0 Å². The minimum absolute atomic E-state index is 0.238. The van der Waals surface area contributed by atoms with Crippen molar-refractivity contribution >= 4 is 0 Å². The molecule has 0 atom stereocenters. The monoisotopic (exact) mass is 330 g/mol. The molecule has 3 nitrogen and oxygen atoms in total. The minimum Gasteiger partial charge on any atom is -0.391 e. The molecule has 0 rings (SSSR count). The van der Waals surface area contributed by atoms with E-state index in [4.69, 9.17) is 0 Å². The predicted octanol–water partition coefficient (Wildman–Crippen LogP) is 4.51. The highest BCUT2D eigenvalue weighted by atomic mass is 16.3. The Morgan fingerprint density at radius 1 is 0.478 bits per heavy atom. The van der Waals surface area contributed by atoms with Gasteiger partial charge in [-0.25, -0.2) is 0 Å². The van der Waals surface area contributed by atoms with E-state index in [1.165, 1.54) is 77.0 Å². The second-order valence-electron chi connectivity index (χ2n) is 7.22. The number of rotatable bonds is 18. The van der Waals surface area contributed by atoms with Crippen molar-refractivity contribution in [1.29, 1.82) is 0 Å². The van der Waals surface area contributed by atoms with Crippen LogP contribution in [0.2, 0.25) is 0 Å². The molecule has 0 aromatic rings. The Balaban J connectivity index is 3.80. The Bertz CT molecular complexity index is 228. The van der Waals surface area contributed by atoms with Crippen LogP contribution in [0.5, 0.6) is 0 Å². The summed E-state index contributed by atoms with van der Waals surface area (Å²) in [5.41, 5.74) is 0. The van der Waals surface area contributed by atoms with Gasteiger partial charge in [0.15, 0.2) is 0 Å². The van der Waals surface area contributed by atoms with Gasteiger partial charge in [0, 0.05) is 0 Å². The summed E-state index contributed by atoms with van der Waals surface area (Å²) in [5.74, 6) is 0. The SMILES string of the molecule is CCCCCCCCCCCC[N+](CCO)(CCO)CCCC. The third-order valence-corrected chi connectivity index (χ3v) is 5.12. The number of hydrogen-bond acceptors (Lipinski definition) is 2. The van der Waals surface area contributed by atoms with Crippen molar-refractivity contribution in [3.8, 4) is 0 Å². The molecular formula is C20H44NO2+. The quantitative estimate of drug-likeness (QED) is 0.287. The Labute approximate surface area is 145 Å². The third kappa shape index (κ3) is 12.9. The molecule has 0 aliphatic carbocycles. The second-order valence-corrected chi connectivity index (χ2v) is 7.22. The molecule has 0 heterocycles. The summed E-state index contributed by atoms with van der Waals surface area (Å²) in [7, 11) is 0. The van der Waals surface area contributed by atoms with E-state index in [0.29, 0.717) is 0 Å². The van der Waals surface area contributed by atoms with Crippen LogP contribution in [-0.2, 0) is 0 Å². The zero-order valence-corrected chi connectivity index (χ0v) is 16.1. The van der Waals surface area contributed by atoms with Crippen molar-refractivity contribution < 1.29 is 14.7 Å². The first-order valence-corrected chi connectivity index (χ1v) is 10.3. The lowest BCUT2D eigenvalue weighted by atomic mass is 10.1. The van der Waals surface area contributed by atoms with Gasteiger partial charge < -0.3 is 14.7 Å². The highest BCUT2D eigenvalue weighted by Crippen LogP contribution is 2.15. The highest BCUT2D eigenvalue weighted by molar-refractivity contribution is 4.51. The van der Waals surface area contributed by atoms with E-state index in [1.807, 2.05) is 0 Å². The van der Waals surface area contributed by atoms with Crippen molar-refractivity contribution in [3.05, 3.63) is 0 Å². The van der Waals surface area contributed by atoms with Crippen LogP contribution in [0, 0.1) is 0 Å². The van der Waals surface area contributed by atoms with Crippen LogP contribution in [0.1, 0.15) is 90.9 Å². The summed E-state index contributed by atoms with van der Waals surface area (Å²) >= 11 is 0. The number of aliphatic hydroxyl groups is 2. The fraction of sp³-hybridized carbons (Fsp3) is 1.00. The maximum absolute atomic E-state index is 9.39. The molecule has 23 heavy (non-hydrogen) atoms. The number of quaternary nitrogens is 1. The normalized spacial score (nSPS) is 12.0. The van der Waals surface area contributed by atoms with Crippen LogP contribution < -0.4 is 0 Å². The van der Waals surface area contributed by atoms with Gasteiger partial charge in [-0.15, -0.1) is 0 Å². The zero-order chi connectivity index (χ0) is 17.2. The molecule has 0 unspecified atom stereocenters. The summed E-state index contributed by atoms with van der Waals surface area (Å²) in [6.45, 7) is 8.80. The summed E-state index contributed by atoms with van der Waals surface area (Å²) in [6.07, 6.45) is 16.0. The van der Waals surface area contributed by atoms with Crippen LogP contribution >= 0.6 is 0 Å². The molecule has 0 bridgehead atoms. The predicted molar refractivity (Wildman–Crippen MR) is 101 cm³/mol. The van der Waals surface area contributed by atoms with E-state index in [-0.39, 0.29) is 13.2 Å². The molecule has 0 amide bonds. The highest BCUT2D eigenvalue weighted by Gasteiger charge is 2.25. The molecule has 0 saturated carbocycles. The molecule has 0 aromatic carbocycles. The van der Waals surface area contributed by atoms with E-state index >= 15 is 0 Å². The van der Waals surface area contributed by atoms with Crippen molar-refractivity contribution in [1.82, 2.24) is 0 Å². The lowest BCUT2D eigenvalue weighted by Gasteiger charge is -2.38. The second kappa shape index (κ2) is 16.7. The van der Waals surface area contributed by atoms with Gasteiger partial charge in [0.25, 0.3) is 0 Å². The minimum atomic E-state index is 0.238. The van der Waals surface area contributed by atoms with Gasteiger partial charge in [-0.3, -0.25) is 0 Å². The van der Waals surface area contributed by atoms with Gasteiger partial charge in [0.05, 0.1) is 26.3 Å². The van der Waals surface area contributed by atoms with Gasteiger partial charge in [-0.1, -0.05) is 71.6 Å². The summed E-state index contributed by atoms with van der Waals surface area (Å²) in [5, 5.41) is 18.8. The van der Waals surface area contributed by atoms with Crippen LogP contribution in [0.4, 0.5) is 0 Å². The van der Waals surface area contributed by atoms with Crippen molar-refractivity contribution in [2.45, 2.75) is 90.9 Å². The molecule has 0 aromatic heterocycles. The van der Waals surface area contributed by atoms with Crippen molar-refractivity contribution in [3.63, 3.8) is 0 Å². The maximum atomic E-state index is 9.39. The smallest absolute Gasteiger partial charge is 0.102 e. The van der Waals surface area contributed by atoms with Crippen LogP contribution in [0.3, 0.4) is 0 Å². The first-order valence-electron chi connectivity index (χ1n) is 10.3. The van der Waals surface area contributed by atoms with E-state index in [1.54, 1.807) is 0 Å². The van der Waals surface area contributed by atoms with Crippen LogP contribution in [0.15, 0.2) is 0 Å². The molecule has 0 spiro atoms. The zero-order valence-electron chi connectivity index (χ0n) is 16.1. The largest absolute Gasteiger partial charge is 0.391 e. The van der Waals surface area contributed by atoms with Crippen LogP contribution in [-0.4, -0.2) is 54.1 Å². The number of nitrogens with zero attached hydrogens (tertiary/aromatic N) is 1. The van der Waals surface area contributed by atoms with Crippen LogP contribution in [0.25, 0.3) is 0 Å². The number of aliphatic hydroxyl groups excluding tert-OH is 2. The average Bonchev–Trinajstić information content (AvgIpc) is 2.55. The van der Waals surface area contributed by atoms with E-state index in [9.17, 15) is 10.2 Å². The Kier molecular flexibility index (Phi) is 16.6. The van der Waals surface area contributed by atoms with Gasteiger partial charge in [-0.05, 0) is 19.3 Å².